The predicted molar refractivity (Wildman–Crippen MR) is 58.9 cm³/mol. The number of aromatic amines is 1. The van der Waals surface area contributed by atoms with Crippen LogP contribution in [0.1, 0.15) is 6.23 Å². The number of rotatable bonds is 2. The SMILES string of the molecule is O=c1ccn([C@@H]2O[C@H](CO)C(O)C2O)c(=S)[nH]1. The van der Waals surface area contributed by atoms with Crippen molar-refractivity contribution in [3.63, 3.8) is 0 Å². The van der Waals surface area contributed by atoms with Crippen LogP contribution >= 0.6 is 12.2 Å². The highest BCUT2D eigenvalue weighted by Gasteiger charge is 2.43. The van der Waals surface area contributed by atoms with Crippen LogP contribution in [-0.4, -0.2) is 49.8 Å². The van der Waals surface area contributed by atoms with Gasteiger partial charge in [-0.1, -0.05) is 0 Å². The molecule has 0 spiro atoms. The topological polar surface area (TPSA) is 108 Å². The van der Waals surface area contributed by atoms with Crippen molar-refractivity contribution in [1.29, 1.82) is 0 Å². The lowest BCUT2D eigenvalue weighted by atomic mass is 10.1. The van der Waals surface area contributed by atoms with Gasteiger partial charge in [-0.25, -0.2) is 0 Å². The maximum Gasteiger partial charge on any atom is 0.251 e. The van der Waals surface area contributed by atoms with Crippen molar-refractivity contribution in [2.75, 3.05) is 6.61 Å². The van der Waals surface area contributed by atoms with Crippen LogP contribution in [-0.2, 0) is 4.74 Å². The van der Waals surface area contributed by atoms with E-state index in [1.54, 1.807) is 0 Å². The second-order valence-electron chi connectivity index (χ2n) is 3.75. The second kappa shape index (κ2) is 4.67. The van der Waals surface area contributed by atoms with E-state index in [4.69, 9.17) is 22.1 Å². The zero-order valence-corrected chi connectivity index (χ0v) is 9.50. The normalized spacial score (nSPS) is 32.9. The van der Waals surface area contributed by atoms with Crippen molar-refractivity contribution in [3.8, 4) is 0 Å². The number of hydrogen-bond acceptors (Lipinski definition) is 6. The number of H-pyrrole nitrogens is 1. The molecule has 2 heterocycles. The van der Waals surface area contributed by atoms with E-state index in [0.29, 0.717) is 0 Å². The molecule has 0 saturated carbocycles. The van der Waals surface area contributed by atoms with Crippen LogP contribution in [0.2, 0.25) is 0 Å². The van der Waals surface area contributed by atoms with Crippen molar-refractivity contribution < 1.29 is 20.1 Å². The van der Waals surface area contributed by atoms with Crippen molar-refractivity contribution in [2.45, 2.75) is 24.5 Å². The molecule has 0 aromatic carbocycles. The lowest BCUT2D eigenvalue weighted by Gasteiger charge is -2.17. The van der Waals surface area contributed by atoms with Crippen molar-refractivity contribution in [1.82, 2.24) is 9.55 Å². The van der Waals surface area contributed by atoms with E-state index in [-0.39, 0.29) is 10.3 Å². The number of hydrogen-bond donors (Lipinski definition) is 4. The molecule has 1 saturated heterocycles. The van der Waals surface area contributed by atoms with Gasteiger partial charge in [-0.3, -0.25) is 14.3 Å². The molecular formula is C9H12N2O5S. The summed E-state index contributed by atoms with van der Waals surface area (Å²) in [5.74, 6) is 0. The molecule has 1 aliphatic heterocycles. The molecule has 7 nitrogen and oxygen atoms in total. The molecule has 1 aliphatic rings. The zero-order valence-electron chi connectivity index (χ0n) is 8.68. The number of aliphatic hydroxyl groups is 3. The smallest absolute Gasteiger partial charge is 0.251 e. The van der Waals surface area contributed by atoms with Gasteiger partial charge in [-0.15, -0.1) is 0 Å². The summed E-state index contributed by atoms with van der Waals surface area (Å²) < 4.78 is 6.66. The summed E-state index contributed by atoms with van der Waals surface area (Å²) >= 11 is 4.91. The molecule has 94 valence electrons. The number of nitrogens with one attached hydrogen (secondary N) is 1. The maximum absolute atomic E-state index is 11.0. The Hall–Kier alpha value is -1.06. The largest absolute Gasteiger partial charge is 0.394 e. The fourth-order valence-electron chi connectivity index (χ4n) is 1.74. The standard InChI is InChI=1S/C9H12N2O5S/c12-3-4-6(14)7(15)8(16-4)11-2-1-5(13)10-9(11)17/h1-2,4,6-8,12,14-15H,3H2,(H,10,13,17)/t4-,6?,7?,8-/m1/s1. The molecule has 17 heavy (non-hydrogen) atoms. The Morgan fingerprint density at radius 3 is 2.71 bits per heavy atom. The average Bonchev–Trinajstić information content (AvgIpc) is 2.57. The fraction of sp³-hybridized carbons (Fsp3) is 0.556. The third-order valence-corrected chi connectivity index (χ3v) is 2.96. The molecule has 1 aromatic heterocycles. The summed E-state index contributed by atoms with van der Waals surface area (Å²) in [4.78, 5) is 13.4. The summed E-state index contributed by atoms with van der Waals surface area (Å²) in [6.45, 7) is -0.411. The van der Waals surface area contributed by atoms with Crippen LogP contribution in [0, 0.1) is 4.77 Å². The summed E-state index contributed by atoms with van der Waals surface area (Å²) in [5, 5.41) is 28.3. The van der Waals surface area contributed by atoms with Crippen LogP contribution in [0.25, 0.3) is 0 Å². The van der Waals surface area contributed by atoms with Gasteiger partial charge >= 0.3 is 0 Å². The highest BCUT2D eigenvalue weighted by molar-refractivity contribution is 7.71. The molecule has 1 aromatic rings. The third-order valence-electron chi connectivity index (χ3n) is 2.64. The number of ether oxygens (including phenoxy) is 1. The van der Waals surface area contributed by atoms with Gasteiger partial charge in [0.1, 0.15) is 18.3 Å². The summed E-state index contributed by atoms with van der Waals surface area (Å²) in [7, 11) is 0. The molecule has 1 fully saturated rings. The lowest BCUT2D eigenvalue weighted by molar-refractivity contribution is -0.0541. The van der Waals surface area contributed by atoms with Crippen molar-refractivity contribution in [2.24, 2.45) is 0 Å². The molecule has 4 atom stereocenters. The van der Waals surface area contributed by atoms with Crippen LogP contribution in [0.3, 0.4) is 0 Å². The molecule has 8 heteroatoms. The molecule has 0 aliphatic carbocycles. The third kappa shape index (κ3) is 2.17. The Balaban J connectivity index is 2.35. The number of nitrogens with zero attached hydrogens (tertiary/aromatic N) is 1. The van der Waals surface area contributed by atoms with Crippen molar-refractivity contribution in [3.05, 3.63) is 27.4 Å². The van der Waals surface area contributed by atoms with E-state index in [9.17, 15) is 15.0 Å². The molecule has 0 radical (unpaired) electrons. The first-order chi connectivity index (χ1) is 8.04. The molecule has 4 N–H and O–H groups in total. The first kappa shape index (κ1) is 12.4. The Labute approximate surface area is 101 Å². The molecular weight excluding hydrogens is 248 g/mol. The maximum atomic E-state index is 11.0. The quantitative estimate of drug-likeness (QED) is 0.483. The second-order valence-corrected chi connectivity index (χ2v) is 4.13. The highest BCUT2D eigenvalue weighted by Crippen LogP contribution is 2.28. The first-order valence-corrected chi connectivity index (χ1v) is 5.39. The Morgan fingerprint density at radius 1 is 1.47 bits per heavy atom. The Kier molecular flexibility index (Phi) is 3.40. The van der Waals surface area contributed by atoms with E-state index in [2.05, 4.69) is 4.98 Å². The average molecular weight is 260 g/mol. The fourth-order valence-corrected chi connectivity index (χ4v) is 2.00. The monoisotopic (exact) mass is 260 g/mol. The number of aliphatic hydroxyl groups excluding tert-OH is 3. The van der Waals surface area contributed by atoms with Gasteiger partial charge in [-0.05, 0) is 12.2 Å². The van der Waals surface area contributed by atoms with Gasteiger partial charge in [0.15, 0.2) is 11.0 Å². The molecule has 2 unspecified atom stereocenters. The van der Waals surface area contributed by atoms with E-state index in [0.717, 1.165) is 0 Å². The van der Waals surface area contributed by atoms with Gasteiger partial charge < -0.3 is 20.1 Å². The van der Waals surface area contributed by atoms with Gasteiger partial charge in [0.2, 0.25) is 0 Å². The van der Waals surface area contributed by atoms with Gasteiger partial charge in [0.25, 0.3) is 5.56 Å². The summed E-state index contributed by atoms with van der Waals surface area (Å²) in [6, 6.07) is 1.23. The van der Waals surface area contributed by atoms with Gasteiger partial charge in [0, 0.05) is 12.3 Å². The van der Waals surface area contributed by atoms with Crippen LogP contribution in [0.4, 0.5) is 0 Å². The lowest BCUT2D eigenvalue weighted by Crippen LogP contribution is -2.33. The molecule has 0 amide bonds. The zero-order chi connectivity index (χ0) is 12.6. The van der Waals surface area contributed by atoms with Crippen LogP contribution in [0.5, 0.6) is 0 Å². The van der Waals surface area contributed by atoms with E-state index in [1.165, 1.54) is 16.8 Å². The van der Waals surface area contributed by atoms with Gasteiger partial charge in [0.05, 0.1) is 6.61 Å². The predicted octanol–water partition coefficient (Wildman–Crippen LogP) is -1.48. The minimum atomic E-state index is -1.22. The molecule has 2 rings (SSSR count). The van der Waals surface area contributed by atoms with Gasteiger partial charge in [-0.2, -0.15) is 0 Å². The highest BCUT2D eigenvalue weighted by atomic mass is 32.1. The Bertz CT molecular complexity index is 513. The summed E-state index contributed by atoms with van der Waals surface area (Å²) in [5.41, 5.74) is -0.363. The number of aromatic nitrogens is 2. The summed E-state index contributed by atoms with van der Waals surface area (Å²) in [6.07, 6.45) is -2.85. The first-order valence-electron chi connectivity index (χ1n) is 4.98. The van der Waals surface area contributed by atoms with E-state index >= 15 is 0 Å². The Morgan fingerprint density at radius 2 is 2.18 bits per heavy atom. The van der Waals surface area contributed by atoms with Crippen LogP contribution in [0.15, 0.2) is 17.1 Å². The van der Waals surface area contributed by atoms with E-state index < -0.39 is 31.1 Å². The van der Waals surface area contributed by atoms with Crippen molar-refractivity contribution >= 4 is 12.2 Å². The van der Waals surface area contributed by atoms with E-state index in [1.807, 2.05) is 0 Å². The van der Waals surface area contributed by atoms with Crippen LogP contribution < -0.4 is 5.56 Å². The molecule has 0 bridgehead atoms. The minimum Gasteiger partial charge on any atom is -0.394 e. The minimum absolute atomic E-state index is 0.0762.